The maximum Gasteiger partial charge on any atom is 0.327 e. The lowest BCUT2D eigenvalue weighted by atomic mass is 10.1. The van der Waals surface area contributed by atoms with Crippen molar-refractivity contribution in [2.75, 3.05) is 0 Å². The van der Waals surface area contributed by atoms with Gasteiger partial charge in [-0.1, -0.05) is 12.1 Å². The minimum Gasteiger partial charge on any atom is -0.478 e. The number of benzene rings is 1. The highest BCUT2D eigenvalue weighted by Crippen LogP contribution is 2.15. The second-order valence-electron chi connectivity index (χ2n) is 3.43. The molecule has 2 rings (SSSR count). The third kappa shape index (κ3) is 2.48. The number of aliphatic carboxylic acids is 1. The molecule has 0 saturated heterocycles. The van der Waals surface area contributed by atoms with Crippen LogP contribution in [0.2, 0.25) is 0 Å². The average Bonchev–Trinajstić information content (AvgIpc) is 2.71. The van der Waals surface area contributed by atoms with Crippen LogP contribution in [0.3, 0.4) is 0 Å². The van der Waals surface area contributed by atoms with Crippen LogP contribution in [0.25, 0.3) is 11.1 Å². The van der Waals surface area contributed by atoms with Crippen molar-refractivity contribution < 1.29 is 14.3 Å². The molecule has 1 aromatic carbocycles. The van der Waals surface area contributed by atoms with Crippen LogP contribution in [-0.2, 0) is 11.2 Å². The van der Waals surface area contributed by atoms with Gasteiger partial charge in [0, 0.05) is 6.08 Å². The highest BCUT2D eigenvalue weighted by atomic mass is 16.4. The third-order valence-corrected chi connectivity index (χ3v) is 2.26. The number of carboxylic acid groups (broad SMARTS) is 1. The van der Waals surface area contributed by atoms with E-state index in [1.54, 1.807) is 6.08 Å². The molecule has 0 aliphatic heterocycles. The molecule has 16 heavy (non-hydrogen) atoms. The minimum absolute atomic E-state index is 0.700. The van der Waals surface area contributed by atoms with E-state index in [1.807, 2.05) is 18.2 Å². The summed E-state index contributed by atoms with van der Waals surface area (Å²) in [7, 11) is 0. The molecule has 0 aliphatic carbocycles. The summed E-state index contributed by atoms with van der Waals surface area (Å²) in [6, 6.07) is 5.80. The summed E-state index contributed by atoms with van der Waals surface area (Å²) < 4.78 is 5.18. The van der Waals surface area contributed by atoms with Crippen LogP contribution in [0.15, 0.2) is 41.2 Å². The van der Waals surface area contributed by atoms with Crippen molar-refractivity contribution in [2.24, 2.45) is 0 Å². The molecule has 0 amide bonds. The van der Waals surface area contributed by atoms with Gasteiger partial charge in [0.25, 0.3) is 0 Å². The Morgan fingerprint density at radius 1 is 1.50 bits per heavy atom. The zero-order chi connectivity index (χ0) is 11.4. The molecule has 4 nitrogen and oxygen atoms in total. The number of carboxylic acids is 1. The van der Waals surface area contributed by atoms with E-state index in [0.29, 0.717) is 6.42 Å². The van der Waals surface area contributed by atoms with Crippen LogP contribution in [-0.4, -0.2) is 16.1 Å². The number of rotatable bonds is 4. The van der Waals surface area contributed by atoms with Crippen molar-refractivity contribution >= 4 is 17.1 Å². The number of oxazole rings is 1. The van der Waals surface area contributed by atoms with Crippen molar-refractivity contribution in [3.63, 3.8) is 0 Å². The minimum atomic E-state index is -0.911. The highest BCUT2D eigenvalue weighted by Gasteiger charge is 1.99. The fourth-order valence-electron chi connectivity index (χ4n) is 1.49. The summed E-state index contributed by atoms with van der Waals surface area (Å²) in [6.45, 7) is 0. The quantitative estimate of drug-likeness (QED) is 0.799. The lowest BCUT2D eigenvalue weighted by Gasteiger charge is -1.96. The van der Waals surface area contributed by atoms with Gasteiger partial charge in [0.2, 0.25) is 0 Å². The average molecular weight is 217 g/mol. The van der Waals surface area contributed by atoms with Crippen molar-refractivity contribution in [3.8, 4) is 0 Å². The standard InChI is InChI=1S/C12H11NO3/c14-12(15)4-2-1-3-9-5-6-10-11(7-9)16-8-13-10/h2,4-8H,1,3H2,(H,14,15)/b4-2+. The van der Waals surface area contributed by atoms with Gasteiger partial charge in [-0.15, -0.1) is 0 Å². The Morgan fingerprint density at radius 2 is 2.38 bits per heavy atom. The number of aromatic nitrogens is 1. The summed E-state index contributed by atoms with van der Waals surface area (Å²) >= 11 is 0. The molecule has 1 heterocycles. The Hall–Kier alpha value is -2.10. The van der Waals surface area contributed by atoms with Crippen molar-refractivity contribution in [2.45, 2.75) is 12.8 Å². The van der Waals surface area contributed by atoms with Gasteiger partial charge >= 0.3 is 5.97 Å². The van der Waals surface area contributed by atoms with E-state index in [9.17, 15) is 4.79 Å². The first-order valence-electron chi connectivity index (χ1n) is 4.97. The van der Waals surface area contributed by atoms with Gasteiger partial charge < -0.3 is 9.52 Å². The number of hydrogen-bond acceptors (Lipinski definition) is 3. The van der Waals surface area contributed by atoms with Gasteiger partial charge in [-0.25, -0.2) is 9.78 Å². The number of nitrogens with zero attached hydrogens (tertiary/aromatic N) is 1. The van der Waals surface area contributed by atoms with E-state index in [1.165, 1.54) is 6.39 Å². The number of allylic oxidation sites excluding steroid dienone is 1. The van der Waals surface area contributed by atoms with Gasteiger partial charge in [0.15, 0.2) is 12.0 Å². The largest absolute Gasteiger partial charge is 0.478 e. The van der Waals surface area contributed by atoms with Crippen molar-refractivity contribution in [3.05, 3.63) is 42.3 Å². The molecular formula is C12H11NO3. The SMILES string of the molecule is O=C(O)/C=C/CCc1ccc2ncoc2c1. The number of fused-ring (bicyclic) bond motifs is 1. The lowest BCUT2D eigenvalue weighted by molar-refractivity contribution is -0.131. The smallest absolute Gasteiger partial charge is 0.327 e. The Balaban J connectivity index is 2.01. The summed E-state index contributed by atoms with van der Waals surface area (Å²) in [6.07, 6.45) is 5.71. The van der Waals surface area contributed by atoms with Crippen LogP contribution < -0.4 is 0 Å². The van der Waals surface area contributed by atoms with Gasteiger partial charge in [-0.2, -0.15) is 0 Å². The predicted octanol–water partition coefficient (Wildman–Crippen LogP) is 2.40. The van der Waals surface area contributed by atoms with Crippen LogP contribution >= 0.6 is 0 Å². The third-order valence-electron chi connectivity index (χ3n) is 2.26. The van der Waals surface area contributed by atoms with E-state index >= 15 is 0 Å². The maximum absolute atomic E-state index is 10.2. The van der Waals surface area contributed by atoms with E-state index in [-0.39, 0.29) is 0 Å². The van der Waals surface area contributed by atoms with E-state index in [4.69, 9.17) is 9.52 Å². The molecule has 4 heteroatoms. The predicted molar refractivity (Wildman–Crippen MR) is 59.1 cm³/mol. The second-order valence-corrected chi connectivity index (χ2v) is 3.43. The van der Waals surface area contributed by atoms with Gasteiger partial charge in [-0.05, 0) is 30.5 Å². The van der Waals surface area contributed by atoms with Crippen LogP contribution in [0, 0.1) is 0 Å². The first kappa shape index (κ1) is 10.4. The topological polar surface area (TPSA) is 63.3 Å². The van der Waals surface area contributed by atoms with E-state index in [0.717, 1.165) is 29.2 Å². The molecule has 0 fully saturated rings. The van der Waals surface area contributed by atoms with Gasteiger partial charge in [0.05, 0.1) is 0 Å². The van der Waals surface area contributed by atoms with Crippen molar-refractivity contribution in [1.82, 2.24) is 4.98 Å². The summed E-state index contributed by atoms with van der Waals surface area (Å²) in [5.41, 5.74) is 2.71. The molecule has 0 aliphatic rings. The Kier molecular flexibility index (Phi) is 3.00. The number of aryl methyl sites for hydroxylation is 1. The molecule has 0 radical (unpaired) electrons. The molecule has 1 N–H and O–H groups in total. The second kappa shape index (κ2) is 4.61. The zero-order valence-electron chi connectivity index (χ0n) is 8.59. The molecule has 82 valence electrons. The lowest BCUT2D eigenvalue weighted by Crippen LogP contribution is -1.87. The van der Waals surface area contributed by atoms with Crippen LogP contribution in [0.1, 0.15) is 12.0 Å². The van der Waals surface area contributed by atoms with Gasteiger partial charge in [-0.3, -0.25) is 0 Å². The summed E-state index contributed by atoms with van der Waals surface area (Å²) in [5, 5.41) is 8.41. The van der Waals surface area contributed by atoms with Crippen molar-refractivity contribution in [1.29, 1.82) is 0 Å². The molecule has 0 bridgehead atoms. The monoisotopic (exact) mass is 217 g/mol. The Bertz CT molecular complexity index is 528. The molecule has 0 unspecified atom stereocenters. The first-order valence-corrected chi connectivity index (χ1v) is 4.97. The molecule has 0 atom stereocenters. The molecule has 1 aromatic heterocycles. The fourth-order valence-corrected chi connectivity index (χ4v) is 1.49. The first-order chi connectivity index (χ1) is 7.75. The zero-order valence-corrected chi connectivity index (χ0v) is 8.59. The van der Waals surface area contributed by atoms with E-state index < -0.39 is 5.97 Å². The summed E-state index contributed by atoms with van der Waals surface area (Å²) in [5.74, 6) is -0.911. The maximum atomic E-state index is 10.2. The fraction of sp³-hybridized carbons (Fsp3) is 0.167. The van der Waals surface area contributed by atoms with Crippen LogP contribution in [0.4, 0.5) is 0 Å². The molecule has 0 saturated carbocycles. The van der Waals surface area contributed by atoms with Gasteiger partial charge in [0.1, 0.15) is 5.52 Å². The molecule has 0 spiro atoms. The molecular weight excluding hydrogens is 206 g/mol. The number of hydrogen-bond donors (Lipinski definition) is 1. The van der Waals surface area contributed by atoms with E-state index in [2.05, 4.69) is 4.98 Å². The summed E-state index contributed by atoms with van der Waals surface area (Å²) in [4.78, 5) is 14.3. The molecule has 2 aromatic rings. The highest BCUT2D eigenvalue weighted by molar-refractivity contribution is 5.79. The Morgan fingerprint density at radius 3 is 3.19 bits per heavy atom. The van der Waals surface area contributed by atoms with Crippen LogP contribution in [0.5, 0.6) is 0 Å². The number of carbonyl (C=O) groups is 1. The normalized spacial score (nSPS) is 11.2. The Labute approximate surface area is 92.2 Å².